The van der Waals surface area contributed by atoms with Crippen molar-refractivity contribution in [3.05, 3.63) is 99.8 Å². The van der Waals surface area contributed by atoms with E-state index < -0.39 is 10.1 Å². The predicted molar refractivity (Wildman–Crippen MR) is 111 cm³/mol. The standard InChI is InChI=1S/C20H14NO3S.2ClH.Zr/c1-13-10-18-16(14-6-3-2-4-7-14)11-17(15-8-5-9-21-12-15)19(18)20(13)25(22,23)24;;;/h2-9,11-12H,1H3,(H,22,23,24);2*1H;/q-1;;;. The van der Waals surface area contributed by atoms with Crippen LogP contribution in [0.4, 0.5) is 0 Å². The van der Waals surface area contributed by atoms with Gasteiger partial charge in [0.2, 0.25) is 0 Å². The number of nitrogens with zero attached hydrogens (tertiary/aromatic N) is 1. The van der Waals surface area contributed by atoms with E-state index in [-0.39, 0.29) is 55.9 Å². The summed E-state index contributed by atoms with van der Waals surface area (Å²) in [5, 5.41) is 0. The monoisotopic (exact) mass is 510 g/mol. The molecule has 28 heavy (non-hydrogen) atoms. The number of hydrogen-bond donors (Lipinski definition) is 1. The number of fused-ring (bicyclic) bond motifs is 1. The Balaban J connectivity index is 0.00000131. The molecule has 0 saturated heterocycles. The van der Waals surface area contributed by atoms with Crippen LogP contribution in [0.3, 0.4) is 0 Å². The predicted octanol–water partition coefficient (Wildman–Crippen LogP) is 4.68. The van der Waals surface area contributed by atoms with Gasteiger partial charge in [-0.1, -0.05) is 66.1 Å². The first-order valence-electron chi connectivity index (χ1n) is 7.72. The first-order valence-corrected chi connectivity index (χ1v) is 9.16. The van der Waals surface area contributed by atoms with Crippen molar-refractivity contribution < 1.29 is 39.2 Å². The van der Waals surface area contributed by atoms with Gasteiger partial charge >= 0.3 is 0 Å². The molecule has 1 heterocycles. The minimum Gasteiger partial charge on any atom is -0.289 e. The second-order valence-corrected chi connectivity index (χ2v) is 7.24. The summed E-state index contributed by atoms with van der Waals surface area (Å²) in [4.78, 5) is 4.05. The van der Waals surface area contributed by atoms with Gasteiger partial charge in [-0.05, 0) is 16.5 Å². The third-order valence-electron chi connectivity index (χ3n) is 4.27. The Hall–Kier alpha value is -1.30. The van der Waals surface area contributed by atoms with Crippen LogP contribution < -0.4 is 0 Å². The number of aromatic nitrogens is 1. The maximum Gasteiger partial charge on any atom is 0.251 e. The summed E-state index contributed by atoms with van der Waals surface area (Å²) in [6.07, 6.45) is 8.40. The molecule has 0 aliphatic heterocycles. The van der Waals surface area contributed by atoms with Crippen molar-refractivity contribution in [2.24, 2.45) is 0 Å². The smallest absolute Gasteiger partial charge is 0.251 e. The zero-order valence-corrected chi connectivity index (χ0v) is 19.6. The second kappa shape index (κ2) is 9.47. The zero-order valence-electron chi connectivity index (χ0n) is 14.7. The van der Waals surface area contributed by atoms with Crippen molar-refractivity contribution in [2.75, 3.05) is 0 Å². The van der Waals surface area contributed by atoms with Gasteiger partial charge in [0.05, 0.1) is 0 Å². The molecule has 8 heteroatoms. The van der Waals surface area contributed by atoms with E-state index in [4.69, 9.17) is 0 Å². The summed E-state index contributed by atoms with van der Waals surface area (Å²) in [5.74, 6) is 0. The molecule has 0 atom stereocenters. The average Bonchev–Trinajstić information content (AvgIpc) is 3.11. The molecule has 1 aromatic heterocycles. The molecule has 0 unspecified atom stereocenters. The topological polar surface area (TPSA) is 67.3 Å². The molecule has 2 aromatic rings. The molecular weight excluding hydrogens is 496 g/mol. The Morgan fingerprint density at radius 1 is 1.00 bits per heavy atom. The molecule has 0 saturated carbocycles. The van der Waals surface area contributed by atoms with Gasteiger partial charge < -0.3 is 0 Å². The Morgan fingerprint density at radius 3 is 2.21 bits per heavy atom. The van der Waals surface area contributed by atoms with E-state index in [0.29, 0.717) is 16.7 Å². The molecule has 0 spiro atoms. The molecule has 144 valence electrons. The van der Waals surface area contributed by atoms with Gasteiger partial charge in [-0.2, -0.15) is 0 Å². The van der Waals surface area contributed by atoms with Gasteiger partial charge in [0.1, 0.15) is 0 Å². The number of hydrogen-bond acceptors (Lipinski definition) is 3. The molecule has 4 rings (SSSR count). The SMILES string of the molecule is CC1=C(S(=O)(=O)O)C2=C(c3cccnc3)C=C(c3ccccc3)C2=[C-]1.Cl.Cl.[Zr]. The largest absolute Gasteiger partial charge is 0.289 e. The third kappa shape index (κ3) is 4.32. The van der Waals surface area contributed by atoms with Gasteiger partial charge in [-0.3, -0.25) is 9.54 Å². The quantitative estimate of drug-likeness (QED) is 0.479. The second-order valence-electron chi connectivity index (χ2n) is 5.88. The molecule has 1 aromatic carbocycles. The number of benzene rings is 1. The van der Waals surface area contributed by atoms with Gasteiger partial charge in [0.15, 0.2) is 0 Å². The summed E-state index contributed by atoms with van der Waals surface area (Å²) in [6.45, 7) is 1.64. The van der Waals surface area contributed by atoms with Gasteiger partial charge in [0.25, 0.3) is 10.1 Å². The van der Waals surface area contributed by atoms with E-state index in [0.717, 1.165) is 22.3 Å². The maximum absolute atomic E-state index is 12.0. The summed E-state index contributed by atoms with van der Waals surface area (Å²) in [6, 6.07) is 13.4. The van der Waals surface area contributed by atoms with Gasteiger partial charge in [-0.15, -0.1) is 47.6 Å². The van der Waals surface area contributed by atoms with Crippen molar-refractivity contribution in [2.45, 2.75) is 6.92 Å². The molecule has 2 aliphatic carbocycles. The van der Waals surface area contributed by atoms with E-state index in [1.807, 2.05) is 42.5 Å². The van der Waals surface area contributed by atoms with Gasteiger partial charge in [-0.25, -0.2) is 8.42 Å². The van der Waals surface area contributed by atoms with Gasteiger partial charge in [0, 0.05) is 38.6 Å². The zero-order chi connectivity index (χ0) is 17.6. The number of rotatable bonds is 3. The molecule has 2 aliphatic rings. The van der Waals surface area contributed by atoms with E-state index >= 15 is 0 Å². The molecule has 0 bridgehead atoms. The fourth-order valence-corrected chi connectivity index (χ4v) is 4.18. The summed E-state index contributed by atoms with van der Waals surface area (Å²) in [7, 11) is -4.37. The Morgan fingerprint density at radius 2 is 1.64 bits per heavy atom. The molecular formula is C20H16Cl2NO3SZr-. The maximum atomic E-state index is 12.0. The van der Waals surface area contributed by atoms with Crippen LogP contribution >= 0.6 is 24.8 Å². The van der Waals surface area contributed by atoms with Crippen molar-refractivity contribution >= 4 is 46.1 Å². The molecule has 4 nitrogen and oxygen atoms in total. The summed E-state index contributed by atoms with van der Waals surface area (Å²) in [5.41, 5.74) is 4.95. The van der Waals surface area contributed by atoms with Crippen LogP contribution in [0.15, 0.2) is 82.6 Å². The Bertz CT molecular complexity index is 1110. The van der Waals surface area contributed by atoms with Crippen molar-refractivity contribution in [3.8, 4) is 0 Å². The van der Waals surface area contributed by atoms with Crippen LogP contribution in [0.2, 0.25) is 0 Å². The van der Waals surface area contributed by atoms with Crippen LogP contribution in [-0.2, 0) is 36.3 Å². The first kappa shape index (κ1) is 24.7. The van der Waals surface area contributed by atoms with E-state index in [1.165, 1.54) is 0 Å². The minimum absolute atomic E-state index is 0. The third-order valence-corrected chi connectivity index (χ3v) is 5.30. The van der Waals surface area contributed by atoms with Crippen molar-refractivity contribution in [3.63, 3.8) is 0 Å². The van der Waals surface area contributed by atoms with E-state index in [2.05, 4.69) is 11.1 Å². The number of halogens is 2. The van der Waals surface area contributed by atoms with E-state index in [1.54, 1.807) is 25.4 Å². The van der Waals surface area contributed by atoms with Crippen LogP contribution in [0.5, 0.6) is 0 Å². The fraction of sp³-hybridized carbons (Fsp3) is 0.0500. The van der Waals surface area contributed by atoms with Crippen molar-refractivity contribution in [1.29, 1.82) is 0 Å². The van der Waals surface area contributed by atoms with Crippen LogP contribution in [0, 0.1) is 6.08 Å². The number of pyridine rings is 1. The van der Waals surface area contributed by atoms with Crippen molar-refractivity contribution in [1.82, 2.24) is 4.98 Å². The Kier molecular flexibility index (Phi) is 8.37. The molecule has 0 amide bonds. The summed E-state index contributed by atoms with van der Waals surface area (Å²) >= 11 is 0. The number of allylic oxidation sites excluding steroid dienone is 7. The first-order chi connectivity index (χ1) is 12.0. The minimum atomic E-state index is -4.37. The Labute approximate surface area is 195 Å². The van der Waals surface area contributed by atoms with Crippen LogP contribution in [0.1, 0.15) is 18.1 Å². The molecule has 1 N–H and O–H groups in total. The molecule has 0 fully saturated rings. The average molecular weight is 513 g/mol. The van der Waals surface area contributed by atoms with E-state index in [9.17, 15) is 13.0 Å². The fourth-order valence-electron chi connectivity index (χ4n) is 3.27. The molecule has 0 radical (unpaired) electrons. The van der Waals surface area contributed by atoms with Crippen LogP contribution in [-0.4, -0.2) is 18.0 Å². The van der Waals surface area contributed by atoms with Crippen LogP contribution in [0.25, 0.3) is 11.1 Å². The summed E-state index contributed by atoms with van der Waals surface area (Å²) < 4.78 is 33.7. The normalized spacial score (nSPS) is 15.1.